The van der Waals surface area contributed by atoms with E-state index in [1.807, 2.05) is 0 Å². The van der Waals surface area contributed by atoms with Crippen molar-refractivity contribution in [3.63, 3.8) is 0 Å². The lowest BCUT2D eigenvalue weighted by Crippen LogP contribution is -2.48. The van der Waals surface area contributed by atoms with Gasteiger partial charge in [0, 0.05) is 5.69 Å². The molecule has 0 fully saturated rings. The molecule has 1 atom stereocenters. The Morgan fingerprint density at radius 3 is 2.58 bits per heavy atom. The quantitative estimate of drug-likeness (QED) is 0.498. The van der Waals surface area contributed by atoms with Crippen molar-refractivity contribution >= 4 is 33.4 Å². The highest BCUT2D eigenvalue weighted by atomic mass is 32.2. The summed E-state index contributed by atoms with van der Waals surface area (Å²) in [5.41, 5.74) is 0.230. The molecule has 1 unspecified atom stereocenters. The molecule has 172 valence electrons. The van der Waals surface area contributed by atoms with Gasteiger partial charge in [-0.3, -0.25) is 14.4 Å². The number of hydrogen-bond donors (Lipinski definition) is 3. The minimum atomic E-state index is -4.17. The zero-order chi connectivity index (χ0) is 23.6. The van der Waals surface area contributed by atoms with E-state index >= 15 is 0 Å². The van der Waals surface area contributed by atoms with E-state index in [2.05, 4.69) is 10.6 Å². The lowest BCUT2D eigenvalue weighted by molar-refractivity contribution is 0.0900. The second kappa shape index (κ2) is 8.82. The van der Waals surface area contributed by atoms with Crippen LogP contribution in [0, 0.1) is 5.82 Å². The highest BCUT2D eigenvalue weighted by Gasteiger charge is 2.35. The summed E-state index contributed by atoms with van der Waals surface area (Å²) in [4.78, 5) is 23.0. The Bertz CT molecular complexity index is 1280. The summed E-state index contributed by atoms with van der Waals surface area (Å²) >= 11 is 0. The summed E-state index contributed by atoms with van der Waals surface area (Å²) in [6.07, 6.45) is -0.745. The van der Waals surface area contributed by atoms with Gasteiger partial charge in [0.25, 0.3) is 15.9 Å². The molecule has 0 bridgehead atoms. The van der Waals surface area contributed by atoms with Crippen molar-refractivity contribution in [3.05, 3.63) is 72.4 Å². The van der Waals surface area contributed by atoms with Crippen molar-refractivity contribution in [1.82, 2.24) is 5.32 Å². The Balaban J connectivity index is 1.65. The van der Waals surface area contributed by atoms with E-state index < -0.39 is 33.9 Å². The fourth-order valence-corrected chi connectivity index (χ4v) is 4.78. The Morgan fingerprint density at radius 2 is 1.91 bits per heavy atom. The zero-order valence-corrected chi connectivity index (χ0v) is 17.7. The van der Waals surface area contributed by atoms with Gasteiger partial charge in [-0.15, -0.1) is 0 Å². The first-order valence-electron chi connectivity index (χ1n) is 9.65. The van der Waals surface area contributed by atoms with Crippen LogP contribution in [0.25, 0.3) is 0 Å². The predicted octanol–water partition coefficient (Wildman–Crippen LogP) is 2.89. The third kappa shape index (κ3) is 4.75. The Hall–Kier alpha value is -4.06. The number of hydrogen-bond acceptors (Lipinski definition) is 6. The molecule has 2 heterocycles. The molecule has 10 nitrogen and oxygen atoms in total. The lowest BCUT2D eigenvalue weighted by atomic mass is 10.2. The number of rotatable bonds is 6. The number of ether oxygens (including phenoxy) is 1. The van der Waals surface area contributed by atoms with Gasteiger partial charge < -0.3 is 19.6 Å². The van der Waals surface area contributed by atoms with Crippen LogP contribution in [0.15, 0.2) is 70.2 Å². The van der Waals surface area contributed by atoms with Gasteiger partial charge in [-0.1, -0.05) is 0 Å². The third-order valence-corrected chi connectivity index (χ3v) is 6.57. The van der Waals surface area contributed by atoms with Gasteiger partial charge in [-0.25, -0.2) is 17.6 Å². The summed E-state index contributed by atoms with van der Waals surface area (Å²) in [7, 11) is -4.17. The normalized spacial score (nSPS) is 15.3. The van der Waals surface area contributed by atoms with Gasteiger partial charge in [0.2, 0.25) is 0 Å². The number of nitrogens with one attached hydrogen (secondary N) is 2. The monoisotopic (exact) mass is 475 g/mol. The number of carbonyl (C=O) groups excluding carboxylic acids is 1. The summed E-state index contributed by atoms with van der Waals surface area (Å²) in [5, 5.41) is 13.8. The minimum absolute atomic E-state index is 0.0382. The SMILES string of the molecule is O=C(O)Nc1ccc2c(c1)N(S(=O)(=O)c1ccc(F)cc1)CC(CNC(=O)c1ccco1)O2. The molecular formula is C21H18FN3O7S. The van der Waals surface area contributed by atoms with Crippen LogP contribution >= 0.6 is 0 Å². The maximum atomic E-state index is 13.4. The molecule has 12 heteroatoms. The standard InChI is InChI=1S/C21H18FN3O7S/c22-13-3-6-16(7-4-13)33(29,30)25-12-15(11-23-20(26)19-2-1-9-31-19)32-18-8-5-14(10-17(18)25)24-21(27)28/h1-10,15,24H,11-12H2,(H,23,26)(H,27,28). The van der Waals surface area contributed by atoms with Crippen LogP contribution in [-0.2, 0) is 10.0 Å². The number of carboxylic acid groups (broad SMARTS) is 1. The second-order valence-corrected chi connectivity index (χ2v) is 8.89. The molecule has 3 N–H and O–H groups in total. The first-order chi connectivity index (χ1) is 15.7. The Kier molecular flexibility index (Phi) is 5.92. The van der Waals surface area contributed by atoms with Crippen LogP contribution in [0.1, 0.15) is 10.6 Å². The largest absolute Gasteiger partial charge is 0.484 e. The molecular weight excluding hydrogens is 457 g/mol. The molecule has 4 rings (SSSR count). The van der Waals surface area contributed by atoms with E-state index in [-0.39, 0.29) is 40.9 Å². The summed E-state index contributed by atoms with van der Waals surface area (Å²) in [6, 6.07) is 11.5. The van der Waals surface area contributed by atoms with Crippen molar-refractivity contribution in [1.29, 1.82) is 0 Å². The fourth-order valence-electron chi connectivity index (χ4n) is 3.28. The van der Waals surface area contributed by atoms with E-state index in [1.54, 1.807) is 6.07 Å². The van der Waals surface area contributed by atoms with Gasteiger partial charge in [-0.05, 0) is 54.6 Å². The number of nitrogens with zero attached hydrogens (tertiary/aromatic N) is 1. The topological polar surface area (TPSA) is 138 Å². The molecule has 0 spiro atoms. The first-order valence-corrected chi connectivity index (χ1v) is 11.1. The first kappa shape index (κ1) is 22.1. The Labute approximate surface area is 187 Å². The average molecular weight is 475 g/mol. The smallest absolute Gasteiger partial charge is 0.409 e. The molecule has 0 radical (unpaired) electrons. The van der Waals surface area contributed by atoms with Crippen LogP contribution in [0.3, 0.4) is 0 Å². The summed E-state index contributed by atoms with van der Waals surface area (Å²) < 4.78 is 52.0. The molecule has 0 aliphatic carbocycles. The lowest BCUT2D eigenvalue weighted by Gasteiger charge is -2.35. The van der Waals surface area contributed by atoms with E-state index in [0.29, 0.717) is 0 Å². The van der Waals surface area contributed by atoms with Crippen molar-refractivity contribution in [2.75, 3.05) is 22.7 Å². The number of benzene rings is 2. The molecule has 0 saturated heterocycles. The zero-order valence-electron chi connectivity index (χ0n) is 16.9. The molecule has 1 aliphatic heterocycles. The third-order valence-electron chi connectivity index (χ3n) is 4.78. The van der Waals surface area contributed by atoms with Crippen molar-refractivity contribution in [2.24, 2.45) is 0 Å². The van der Waals surface area contributed by atoms with Crippen LogP contribution in [0.2, 0.25) is 0 Å². The molecule has 0 saturated carbocycles. The highest BCUT2D eigenvalue weighted by Crippen LogP contribution is 2.39. The molecule has 2 aromatic carbocycles. The van der Waals surface area contributed by atoms with Gasteiger partial charge in [-0.2, -0.15) is 0 Å². The predicted molar refractivity (Wildman–Crippen MR) is 114 cm³/mol. The van der Waals surface area contributed by atoms with E-state index in [9.17, 15) is 22.4 Å². The number of furan rings is 1. The van der Waals surface area contributed by atoms with Gasteiger partial charge in [0.05, 0.1) is 29.9 Å². The van der Waals surface area contributed by atoms with Crippen LogP contribution in [-0.4, -0.2) is 44.7 Å². The molecule has 1 aromatic heterocycles. The van der Waals surface area contributed by atoms with Crippen LogP contribution < -0.4 is 19.7 Å². The van der Waals surface area contributed by atoms with Crippen LogP contribution in [0.4, 0.5) is 20.6 Å². The van der Waals surface area contributed by atoms with E-state index in [0.717, 1.165) is 28.6 Å². The fraction of sp³-hybridized carbons (Fsp3) is 0.143. The summed E-state index contributed by atoms with van der Waals surface area (Å²) in [5.74, 6) is -0.836. The van der Waals surface area contributed by atoms with Crippen molar-refractivity contribution < 1.29 is 36.7 Å². The molecule has 33 heavy (non-hydrogen) atoms. The maximum Gasteiger partial charge on any atom is 0.409 e. The molecule has 2 amide bonds. The molecule has 1 aliphatic rings. The molecule has 3 aromatic rings. The van der Waals surface area contributed by atoms with Crippen LogP contribution in [0.5, 0.6) is 5.75 Å². The highest BCUT2D eigenvalue weighted by molar-refractivity contribution is 7.92. The number of carbonyl (C=O) groups is 2. The average Bonchev–Trinajstić information content (AvgIpc) is 3.32. The minimum Gasteiger partial charge on any atom is -0.484 e. The Morgan fingerprint density at radius 1 is 1.15 bits per heavy atom. The van der Waals surface area contributed by atoms with Crippen molar-refractivity contribution in [3.8, 4) is 5.75 Å². The van der Waals surface area contributed by atoms with Gasteiger partial charge in [0.1, 0.15) is 17.7 Å². The maximum absolute atomic E-state index is 13.4. The number of sulfonamides is 1. The number of anilines is 2. The van der Waals surface area contributed by atoms with Gasteiger partial charge >= 0.3 is 6.09 Å². The second-order valence-electron chi connectivity index (χ2n) is 7.03. The van der Waals surface area contributed by atoms with Gasteiger partial charge in [0.15, 0.2) is 5.76 Å². The number of halogens is 1. The number of fused-ring (bicyclic) bond motifs is 1. The van der Waals surface area contributed by atoms with Crippen molar-refractivity contribution in [2.45, 2.75) is 11.0 Å². The summed E-state index contributed by atoms with van der Waals surface area (Å²) in [6.45, 7) is -0.231. The van der Waals surface area contributed by atoms with E-state index in [1.165, 1.54) is 30.5 Å². The number of amides is 2. The van der Waals surface area contributed by atoms with E-state index in [4.69, 9.17) is 14.3 Å².